The van der Waals surface area contributed by atoms with Crippen molar-refractivity contribution < 1.29 is 4.79 Å². The summed E-state index contributed by atoms with van der Waals surface area (Å²) in [5, 5.41) is 2.85. The lowest BCUT2D eigenvalue weighted by atomic mass is 9.91. The lowest BCUT2D eigenvalue weighted by Gasteiger charge is -2.27. The van der Waals surface area contributed by atoms with Crippen LogP contribution in [-0.2, 0) is 4.79 Å². The van der Waals surface area contributed by atoms with Gasteiger partial charge in [-0.1, -0.05) is 13.3 Å². The lowest BCUT2D eigenvalue weighted by Crippen LogP contribution is -2.46. The molecule has 1 heterocycles. The van der Waals surface area contributed by atoms with Crippen molar-refractivity contribution in [3.8, 4) is 0 Å². The Morgan fingerprint density at radius 3 is 2.64 bits per heavy atom. The highest BCUT2D eigenvalue weighted by atomic mass is 35.5. The Balaban J connectivity index is 0.00000169. The zero-order valence-electron chi connectivity index (χ0n) is 9.09. The van der Waals surface area contributed by atoms with Gasteiger partial charge >= 0.3 is 0 Å². The number of amidine groups is 1. The molecule has 0 radical (unpaired) electrons. The molecule has 1 aliphatic rings. The van der Waals surface area contributed by atoms with Crippen molar-refractivity contribution in [1.29, 1.82) is 0 Å². The molecule has 1 rings (SSSR count). The smallest absolute Gasteiger partial charge is 0.232 e. The van der Waals surface area contributed by atoms with Gasteiger partial charge in [0.2, 0.25) is 5.91 Å². The van der Waals surface area contributed by atoms with Crippen molar-refractivity contribution in [2.75, 3.05) is 6.54 Å². The van der Waals surface area contributed by atoms with E-state index < -0.39 is 0 Å². The maximum atomic E-state index is 11.5. The van der Waals surface area contributed by atoms with Crippen LogP contribution in [0.2, 0.25) is 0 Å². The standard InChI is InChI=1S/C10H18N2O.ClH/c1-4-5-6-8-11-7-10(2,3)9(13)12-8;/h4-7H2,1-3H3,(H,11,12,13);1H. The molecule has 0 atom stereocenters. The van der Waals surface area contributed by atoms with E-state index in [1.807, 2.05) is 13.8 Å². The summed E-state index contributed by atoms with van der Waals surface area (Å²) < 4.78 is 0. The molecular formula is C10H19ClN2O. The molecule has 1 N–H and O–H groups in total. The molecule has 0 aromatic carbocycles. The maximum absolute atomic E-state index is 11.5. The fourth-order valence-electron chi connectivity index (χ4n) is 1.19. The van der Waals surface area contributed by atoms with E-state index in [1.54, 1.807) is 0 Å². The number of amides is 1. The molecule has 0 aliphatic carbocycles. The largest absolute Gasteiger partial charge is 0.314 e. The zero-order chi connectivity index (χ0) is 9.90. The van der Waals surface area contributed by atoms with Gasteiger partial charge in [0.05, 0.1) is 12.0 Å². The van der Waals surface area contributed by atoms with Gasteiger partial charge in [-0.25, -0.2) is 0 Å². The number of unbranched alkanes of at least 4 members (excludes halogenated alkanes) is 1. The van der Waals surface area contributed by atoms with E-state index in [1.165, 1.54) is 0 Å². The third-order valence-electron chi connectivity index (χ3n) is 2.30. The van der Waals surface area contributed by atoms with Gasteiger partial charge in [0.15, 0.2) is 0 Å². The Labute approximate surface area is 91.8 Å². The maximum Gasteiger partial charge on any atom is 0.232 e. The molecule has 0 saturated carbocycles. The van der Waals surface area contributed by atoms with Crippen molar-refractivity contribution >= 4 is 24.1 Å². The molecule has 0 fully saturated rings. The Hall–Kier alpha value is -0.570. The quantitative estimate of drug-likeness (QED) is 0.775. The van der Waals surface area contributed by atoms with Gasteiger partial charge in [0.1, 0.15) is 5.84 Å². The monoisotopic (exact) mass is 218 g/mol. The normalized spacial score (nSPS) is 19.4. The van der Waals surface area contributed by atoms with Crippen LogP contribution >= 0.6 is 12.4 Å². The summed E-state index contributed by atoms with van der Waals surface area (Å²) in [6, 6.07) is 0. The van der Waals surface area contributed by atoms with Gasteiger partial charge in [0.25, 0.3) is 0 Å². The van der Waals surface area contributed by atoms with Crippen molar-refractivity contribution in [2.24, 2.45) is 10.4 Å². The van der Waals surface area contributed by atoms with Gasteiger partial charge < -0.3 is 5.32 Å². The minimum absolute atomic E-state index is 0. The molecule has 0 bridgehead atoms. The topological polar surface area (TPSA) is 41.5 Å². The summed E-state index contributed by atoms with van der Waals surface area (Å²) in [6.45, 7) is 6.60. The van der Waals surface area contributed by atoms with Gasteiger partial charge in [-0.2, -0.15) is 0 Å². The van der Waals surface area contributed by atoms with Crippen LogP contribution in [0.25, 0.3) is 0 Å². The second kappa shape index (κ2) is 5.35. The summed E-state index contributed by atoms with van der Waals surface area (Å²) in [6.07, 6.45) is 3.14. The van der Waals surface area contributed by atoms with Crippen molar-refractivity contribution in [3.63, 3.8) is 0 Å². The van der Waals surface area contributed by atoms with E-state index >= 15 is 0 Å². The molecule has 1 aliphatic heterocycles. The first-order valence-corrected chi connectivity index (χ1v) is 4.91. The average Bonchev–Trinajstić information content (AvgIpc) is 2.07. The highest BCUT2D eigenvalue weighted by Gasteiger charge is 2.31. The predicted molar refractivity (Wildman–Crippen MR) is 61.0 cm³/mol. The molecule has 0 aromatic rings. The van der Waals surface area contributed by atoms with Crippen LogP contribution in [0.15, 0.2) is 4.99 Å². The van der Waals surface area contributed by atoms with Crippen molar-refractivity contribution in [1.82, 2.24) is 5.32 Å². The number of nitrogens with zero attached hydrogens (tertiary/aromatic N) is 1. The number of carbonyl (C=O) groups excluding carboxylic acids is 1. The number of halogens is 1. The van der Waals surface area contributed by atoms with Gasteiger partial charge in [-0.05, 0) is 20.3 Å². The first-order chi connectivity index (χ1) is 6.06. The van der Waals surface area contributed by atoms with E-state index in [-0.39, 0.29) is 23.7 Å². The SMILES string of the molecule is CCCCC1=NCC(C)(C)C(=O)N1.Cl. The summed E-state index contributed by atoms with van der Waals surface area (Å²) in [4.78, 5) is 15.9. The number of rotatable bonds is 3. The van der Waals surface area contributed by atoms with Crippen molar-refractivity contribution in [3.05, 3.63) is 0 Å². The molecule has 0 saturated heterocycles. The Morgan fingerprint density at radius 1 is 1.50 bits per heavy atom. The highest BCUT2D eigenvalue weighted by molar-refractivity contribution is 6.02. The van der Waals surface area contributed by atoms with Crippen molar-refractivity contribution in [2.45, 2.75) is 40.0 Å². The average molecular weight is 219 g/mol. The Kier molecular flexibility index (Phi) is 5.13. The fraction of sp³-hybridized carbons (Fsp3) is 0.800. The molecule has 3 nitrogen and oxygen atoms in total. The molecule has 0 aromatic heterocycles. The van der Waals surface area contributed by atoms with Crippen LogP contribution in [0.5, 0.6) is 0 Å². The fourth-order valence-corrected chi connectivity index (χ4v) is 1.19. The van der Waals surface area contributed by atoms with Crippen LogP contribution in [-0.4, -0.2) is 18.3 Å². The second-order valence-electron chi connectivity index (χ2n) is 4.20. The van der Waals surface area contributed by atoms with E-state index in [4.69, 9.17) is 0 Å². The minimum atomic E-state index is -0.324. The molecular weight excluding hydrogens is 200 g/mol. The van der Waals surface area contributed by atoms with Gasteiger partial charge in [-0.3, -0.25) is 9.79 Å². The van der Waals surface area contributed by atoms with Gasteiger partial charge in [0, 0.05) is 6.42 Å². The number of hydrogen-bond donors (Lipinski definition) is 1. The first-order valence-electron chi connectivity index (χ1n) is 4.91. The molecule has 14 heavy (non-hydrogen) atoms. The Bertz CT molecular complexity index is 236. The third-order valence-corrected chi connectivity index (χ3v) is 2.30. The first kappa shape index (κ1) is 13.4. The third kappa shape index (κ3) is 3.29. The van der Waals surface area contributed by atoms with Gasteiger partial charge in [-0.15, -0.1) is 12.4 Å². The summed E-state index contributed by atoms with van der Waals surface area (Å²) >= 11 is 0. The number of aliphatic imine (C=N–C) groups is 1. The summed E-state index contributed by atoms with van der Waals surface area (Å²) in [5.74, 6) is 0.972. The molecule has 0 unspecified atom stereocenters. The lowest BCUT2D eigenvalue weighted by molar-refractivity contribution is -0.127. The number of nitrogens with one attached hydrogen (secondary N) is 1. The van der Waals surface area contributed by atoms with Crippen LogP contribution in [0.1, 0.15) is 40.0 Å². The predicted octanol–water partition coefficient (Wildman–Crippen LogP) is 2.15. The Morgan fingerprint density at radius 2 is 2.14 bits per heavy atom. The van der Waals surface area contributed by atoms with Crippen LogP contribution in [0.3, 0.4) is 0 Å². The van der Waals surface area contributed by atoms with E-state index in [9.17, 15) is 4.79 Å². The molecule has 0 spiro atoms. The van der Waals surface area contributed by atoms with Crippen LogP contribution in [0, 0.1) is 5.41 Å². The zero-order valence-corrected chi connectivity index (χ0v) is 9.91. The summed E-state index contributed by atoms with van der Waals surface area (Å²) in [5.41, 5.74) is -0.324. The van der Waals surface area contributed by atoms with E-state index in [0.29, 0.717) is 6.54 Å². The highest BCUT2D eigenvalue weighted by Crippen LogP contribution is 2.19. The summed E-state index contributed by atoms with van der Waals surface area (Å²) in [7, 11) is 0. The van der Waals surface area contributed by atoms with E-state index in [2.05, 4.69) is 17.2 Å². The molecule has 82 valence electrons. The molecule has 4 heteroatoms. The minimum Gasteiger partial charge on any atom is -0.314 e. The van der Waals surface area contributed by atoms with E-state index in [0.717, 1.165) is 25.1 Å². The van der Waals surface area contributed by atoms with Crippen LogP contribution < -0.4 is 5.32 Å². The van der Waals surface area contributed by atoms with Crippen LogP contribution in [0.4, 0.5) is 0 Å². The number of carbonyl (C=O) groups is 1. The number of hydrogen-bond acceptors (Lipinski definition) is 2. The second-order valence-corrected chi connectivity index (χ2v) is 4.20. The molecule has 1 amide bonds.